The van der Waals surface area contributed by atoms with E-state index in [1.54, 1.807) is 0 Å². The van der Waals surface area contributed by atoms with Crippen molar-refractivity contribution in [2.45, 2.75) is 18.8 Å². The Morgan fingerprint density at radius 3 is 2.21 bits per heavy atom. The number of carbonyl (C=O) groups excluding carboxylic acids is 1. The Kier molecular flexibility index (Phi) is 4.76. The highest BCUT2D eigenvalue weighted by molar-refractivity contribution is 5.91. The van der Waals surface area contributed by atoms with Gasteiger partial charge in [-0.2, -0.15) is 31.3 Å². The Bertz CT molecular complexity index is 744. The van der Waals surface area contributed by atoms with Crippen LogP contribution >= 0.6 is 0 Å². The van der Waals surface area contributed by atoms with Gasteiger partial charge in [-0.25, -0.2) is 0 Å². The van der Waals surface area contributed by atoms with E-state index in [1.807, 2.05) is 0 Å². The molecule has 0 aliphatic carbocycles. The summed E-state index contributed by atoms with van der Waals surface area (Å²) in [6.45, 7) is 0. The molecule has 2 aromatic rings. The largest absolute Gasteiger partial charge is 0.471 e. The van der Waals surface area contributed by atoms with Crippen LogP contribution in [0, 0.1) is 0 Å². The maximum Gasteiger partial charge on any atom is 0.471 e. The fourth-order valence-corrected chi connectivity index (χ4v) is 1.68. The number of rotatable bonds is 4. The van der Waals surface area contributed by atoms with Crippen LogP contribution in [0.1, 0.15) is 11.5 Å². The van der Waals surface area contributed by atoms with Gasteiger partial charge in [-0.15, -0.1) is 0 Å². The SMILES string of the molecule is O=C(/C=C/C(F)(F)F)Cc1ccc(-c2noc(C(F)(F)F)n2)cc1. The maximum absolute atomic E-state index is 12.4. The first-order valence-corrected chi connectivity index (χ1v) is 6.33. The van der Waals surface area contributed by atoms with Crippen molar-refractivity contribution >= 4 is 5.78 Å². The summed E-state index contributed by atoms with van der Waals surface area (Å²) in [4.78, 5) is 14.6. The summed E-state index contributed by atoms with van der Waals surface area (Å²) in [5.41, 5.74) is 0.589. The molecule has 1 aromatic carbocycles. The molecule has 0 aliphatic heterocycles. The van der Waals surface area contributed by atoms with Gasteiger partial charge in [0.25, 0.3) is 0 Å². The lowest BCUT2D eigenvalue weighted by molar-refractivity contribution is -0.159. The maximum atomic E-state index is 12.4. The number of ketones is 1. The number of hydrogen-bond acceptors (Lipinski definition) is 4. The van der Waals surface area contributed by atoms with E-state index < -0.39 is 24.0 Å². The predicted octanol–water partition coefficient (Wildman–Crippen LogP) is 3.99. The fraction of sp³-hybridized carbons (Fsp3) is 0.214. The minimum absolute atomic E-state index is 0.165. The van der Waals surface area contributed by atoms with E-state index in [1.165, 1.54) is 24.3 Å². The van der Waals surface area contributed by atoms with Gasteiger partial charge in [0.1, 0.15) is 0 Å². The van der Waals surface area contributed by atoms with Gasteiger partial charge in [0.05, 0.1) is 0 Å². The van der Waals surface area contributed by atoms with Crippen LogP contribution in [0.25, 0.3) is 11.4 Å². The molecule has 0 spiro atoms. The summed E-state index contributed by atoms with van der Waals surface area (Å²) in [6.07, 6.45) is -9.37. The third-order valence-electron chi connectivity index (χ3n) is 2.72. The zero-order valence-electron chi connectivity index (χ0n) is 11.6. The molecule has 0 N–H and O–H groups in total. The molecule has 0 aliphatic rings. The molecule has 4 nitrogen and oxygen atoms in total. The standard InChI is InChI=1S/C14H8F6N2O2/c15-13(16,17)6-5-10(23)7-8-1-3-9(4-2-8)11-21-12(24-22-11)14(18,19)20/h1-6H,7H2/b6-5+. The predicted molar refractivity (Wildman–Crippen MR) is 68.6 cm³/mol. The molecule has 10 heteroatoms. The van der Waals surface area contributed by atoms with E-state index in [9.17, 15) is 31.1 Å². The Hall–Kier alpha value is -2.65. The molecule has 0 fully saturated rings. The first-order valence-electron chi connectivity index (χ1n) is 6.33. The van der Waals surface area contributed by atoms with Crippen LogP contribution in [-0.2, 0) is 17.4 Å². The fourth-order valence-electron chi connectivity index (χ4n) is 1.68. The van der Waals surface area contributed by atoms with Gasteiger partial charge in [-0.1, -0.05) is 29.4 Å². The van der Waals surface area contributed by atoms with Crippen molar-refractivity contribution < 1.29 is 35.7 Å². The van der Waals surface area contributed by atoms with Crippen LogP contribution in [0.3, 0.4) is 0 Å². The van der Waals surface area contributed by atoms with Crippen LogP contribution in [0.4, 0.5) is 26.3 Å². The molecule has 0 saturated carbocycles. The van der Waals surface area contributed by atoms with E-state index >= 15 is 0 Å². The smallest absolute Gasteiger partial charge is 0.329 e. The van der Waals surface area contributed by atoms with E-state index in [0.717, 1.165) is 0 Å². The van der Waals surface area contributed by atoms with Crippen molar-refractivity contribution in [2.75, 3.05) is 0 Å². The van der Waals surface area contributed by atoms with Gasteiger partial charge >= 0.3 is 18.2 Å². The Balaban J connectivity index is 2.07. The Morgan fingerprint density at radius 2 is 1.71 bits per heavy atom. The van der Waals surface area contributed by atoms with E-state index in [4.69, 9.17) is 0 Å². The van der Waals surface area contributed by atoms with Crippen molar-refractivity contribution in [3.63, 3.8) is 0 Å². The summed E-state index contributed by atoms with van der Waals surface area (Å²) in [6, 6.07) is 5.42. The summed E-state index contributed by atoms with van der Waals surface area (Å²) < 4.78 is 77.0. The number of nitrogens with zero attached hydrogens (tertiary/aromatic N) is 2. The summed E-state index contributed by atoms with van der Waals surface area (Å²) in [5, 5.41) is 3.19. The molecule has 0 radical (unpaired) electrons. The lowest BCUT2D eigenvalue weighted by Crippen LogP contribution is -2.05. The average Bonchev–Trinajstić information content (AvgIpc) is 2.95. The minimum atomic E-state index is -4.76. The van der Waals surface area contributed by atoms with Gasteiger partial charge in [-0.3, -0.25) is 4.79 Å². The third kappa shape index (κ3) is 4.93. The number of benzene rings is 1. The number of hydrogen-bond donors (Lipinski definition) is 0. The third-order valence-corrected chi connectivity index (χ3v) is 2.72. The topological polar surface area (TPSA) is 56.0 Å². The van der Waals surface area contributed by atoms with Crippen LogP contribution < -0.4 is 0 Å². The number of allylic oxidation sites excluding steroid dienone is 2. The first-order chi connectivity index (χ1) is 11.0. The molecular weight excluding hydrogens is 342 g/mol. The molecule has 1 heterocycles. The average molecular weight is 350 g/mol. The number of aromatic nitrogens is 2. The summed E-state index contributed by atoms with van der Waals surface area (Å²) in [7, 11) is 0. The van der Waals surface area contributed by atoms with Crippen LogP contribution in [0.2, 0.25) is 0 Å². The number of carbonyl (C=O) groups is 1. The van der Waals surface area contributed by atoms with Crippen LogP contribution in [-0.4, -0.2) is 22.1 Å². The molecule has 2 rings (SSSR count). The molecule has 0 saturated heterocycles. The lowest BCUT2D eigenvalue weighted by Gasteiger charge is -2.00. The van der Waals surface area contributed by atoms with Gasteiger partial charge in [0.2, 0.25) is 5.82 Å². The molecule has 0 atom stereocenters. The molecule has 0 unspecified atom stereocenters. The summed E-state index contributed by atoms with van der Waals surface area (Å²) in [5.74, 6) is -2.55. The van der Waals surface area contributed by atoms with Gasteiger partial charge < -0.3 is 4.52 Å². The van der Waals surface area contributed by atoms with Crippen molar-refractivity contribution in [3.05, 3.63) is 47.9 Å². The van der Waals surface area contributed by atoms with E-state index in [-0.39, 0.29) is 23.9 Å². The molecule has 1 aromatic heterocycles. The minimum Gasteiger partial charge on any atom is -0.329 e. The molecule has 24 heavy (non-hydrogen) atoms. The summed E-state index contributed by atoms with van der Waals surface area (Å²) >= 11 is 0. The van der Waals surface area contributed by atoms with Crippen molar-refractivity contribution in [2.24, 2.45) is 0 Å². The van der Waals surface area contributed by atoms with Crippen molar-refractivity contribution in [3.8, 4) is 11.4 Å². The number of alkyl halides is 6. The zero-order valence-corrected chi connectivity index (χ0v) is 11.6. The normalized spacial score (nSPS) is 12.8. The highest BCUT2D eigenvalue weighted by Gasteiger charge is 2.38. The highest BCUT2D eigenvalue weighted by atomic mass is 19.4. The van der Waals surface area contributed by atoms with E-state index in [0.29, 0.717) is 11.6 Å². The second-order valence-corrected chi connectivity index (χ2v) is 4.64. The molecule has 0 bridgehead atoms. The molecular formula is C14H8F6N2O2. The first kappa shape index (κ1) is 17.7. The Morgan fingerprint density at radius 1 is 1.08 bits per heavy atom. The van der Waals surface area contributed by atoms with Gasteiger partial charge in [0, 0.05) is 18.1 Å². The zero-order chi connectivity index (χ0) is 18.0. The quantitative estimate of drug-likeness (QED) is 0.618. The van der Waals surface area contributed by atoms with Crippen LogP contribution in [0.5, 0.6) is 0 Å². The Labute approximate surface area is 130 Å². The van der Waals surface area contributed by atoms with Gasteiger partial charge in [0.15, 0.2) is 5.78 Å². The van der Waals surface area contributed by atoms with Gasteiger partial charge in [-0.05, 0) is 11.6 Å². The second kappa shape index (κ2) is 6.46. The molecule has 0 amide bonds. The van der Waals surface area contributed by atoms with E-state index in [2.05, 4.69) is 14.7 Å². The second-order valence-electron chi connectivity index (χ2n) is 4.64. The lowest BCUT2D eigenvalue weighted by atomic mass is 10.1. The van der Waals surface area contributed by atoms with Crippen LogP contribution in [0.15, 0.2) is 40.9 Å². The molecule has 128 valence electrons. The van der Waals surface area contributed by atoms with Crippen molar-refractivity contribution in [1.29, 1.82) is 0 Å². The monoisotopic (exact) mass is 350 g/mol. The number of halogens is 6. The highest BCUT2D eigenvalue weighted by Crippen LogP contribution is 2.29. The van der Waals surface area contributed by atoms with Crippen molar-refractivity contribution in [1.82, 2.24) is 10.1 Å².